The Morgan fingerprint density at radius 2 is 0.844 bits per heavy atom. The molecule has 0 aliphatic heterocycles. The van der Waals surface area contributed by atoms with Crippen molar-refractivity contribution in [2.24, 2.45) is 0 Å². The van der Waals surface area contributed by atoms with Crippen molar-refractivity contribution in [3.63, 3.8) is 0 Å². The molecule has 300 valence electrons. The number of furan rings is 1. The van der Waals surface area contributed by atoms with E-state index < -0.39 is 0 Å². The summed E-state index contributed by atoms with van der Waals surface area (Å²) in [5.41, 5.74) is 16.5. The fraction of sp³-hybridized carbons (Fsp3) is 0. The van der Waals surface area contributed by atoms with Crippen LogP contribution in [0.3, 0.4) is 0 Å². The van der Waals surface area contributed by atoms with Crippen LogP contribution in [0, 0.1) is 0 Å². The van der Waals surface area contributed by atoms with E-state index in [1.54, 1.807) is 0 Å². The van der Waals surface area contributed by atoms with Gasteiger partial charge in [0.15, 0.2) is 0 Å². The maximum Gasteiger partial charge on any atom is 0.143 e. The monoisotopic (exact) mass is 815 g/mol. The first-order valence-corrected chi connectivity index (χ1v) is 21.9. The summed E-state index contributed by atoms with van der Waals surface area (Å²) in [7, 11) is 0. The molecule has 2 nitrogen and oxygen atoms in total. The van der Waals surface area contributed by atoms with Crippen LogP contribution in [0.5, 0.6) is 0 Å². The minimum absolute atomic E-state index is 0.892. The Kier molecular flexibility index (Phi) is 9.20. The summed E-state index contributed by atoms with van der Waals surface area (Å²) >= 11 is 0. The Hall–Kier alpha value is -8.46. The van der Waals surface area contributed by atoms with Gasteiger partial charge < -0.3 is 9.32 Å². The van der Waals surface area contributed by atoms with Gasteiger partial charge in [0.1, 0.15) is 11.2 Å². The molecule has 0 N–H and O–H groups in total. The number of anilines is 3. The molecule has 12 aromatic rings. The summed E-state index contributed by atoms with van der Waals surface area (Å²) in [6, 6.07) is 89.8. The van der Waals surface area contributed by atoms with Gasteiger partial charge in [-0.1, -0.05) is 200 Å². The number of hydrogen-bond acceptors (Lipinski definition) is 2. The summed E-state index contributed by atoms with van der Waals surface area (Å²) in [4.78, 5) is 2.42. The fourth-order valence-corrected chi connectivity index (χ4v) is 9.49. The van der Waals surface area contributed by atoms with Crippen molar-refractivity contribution in [3.8, 4) is 55.6 Å². The second kappa shape index (κ2) is 15.8. The Morgan fingerprint density at radius 3 is 1.72 bits per heavy atom. The molecule has 0 fully saturated rings. The molecule has 1 heterocycles. The average molecular weight is 816 g/mol. The number of hydrogen-bond donors (Lipinski definition) is 0. The Balaban J connectivity index is 1.03. The maximum atomic E-state index is 6.58. The average Bonchev–Trinajstić information content (AvgIpc) is 3.76. The standard InChI is InChI=1S/C62H41NO/c1-2-15-45(16-3-1)56-37-34-49(48-31-30-42-14-4-5-18-46(42)38-48)41-60(56)63(53-23-11-22-51(40-53)57-27-13-28-59-58-25-8-9-29-61(58)64-62(57)59)52-35-32-43(33-36-52)47-20-10-21-50(39-47)55-26-12-19-44-17-6-7-24-54(44)55/h1-41H. The van der Waals surface area contributed by atoms with E-state index in [0.29, 0.717) is 0 Å². The van der Waals surface area contributed by atoms with Gasteiger partial charge in [-0.2, -0.15) is 0 Å². The molecule has 11 aromatic carbocycles. The van der Waals surface area contributed by atoms with Gasteiger partial charge >= 0.3 is 0 Å². The quantitative estimate of drug-likeness (QED) is 0.152. The van der Waals surface area contributed by atoms with Crippen LogP contribution in [0.4, 0.5) is 17.1 Å². The number of rotatable bonds is 8. The third kappa shape index (κ3) is 6.70. The van der Waals surface area contributed by atoms with Crippen LogP contribution in [-0.4, -0.2) is 0 Å². The van der Waals surface area contributed by atoms with E-state index in [1.807, 2.05) is 6.07 Å². The first-order chi connectivity index (χ1) is 31.7. The van der Waals surface area contributed by atoms with Gasteiger partial charge in [0.25, 0.3) is 0 Å². The van der Waals surface area contributed by atoms with Crippen LogP contribution in [-0.2, 0) is 0 Å². The van der Waals surface area contributed by atoms with Crippen LogP contribution in [0.15, 0.2) is 253 Å². The largest absolute Gasteiger partial charge is 0.455 e. The predicted octanol–water partition coefficient (Wildman–Crippen LogP) is 17.7. The van der Waals surface area contributed by atoms with Crippen LogP contribution >= 0.6 is 0 Å². The van der Waals surface area contributed by atoms with Crippen LogP contribution in [0.2, 0.25) is 0 Å². The fourth-order valence-electron chi connectivity index (χ4n) is 9.49. The summed E-state index contributed by atoms with van der Waals surface area (Å²) < 4.78 is 6.58. The second-order valence-corrected chi connectivity index (χ2v) is 16.5. The minimum atomic E-state index is 0.892. The van der Waals surface area contributed by atoms with Crippen LogP contribution in [0.25, 0.3) is 99.1 Å². The van der Waals surface area contributed by atoms with Crippen LogP contribution < -0.4 is 4.90 Å². The Bertz CT molecular complexity index is 3670. The smallest absolute Gasteiger partial charge is 0.143 e. The molecule has 2 heteroatoms. The lowest BCUT2D eigenvalue weighted by molar-refractivity contribution is 0.670. The highest BCUT2D eigenvalue weighted by Gasteiger charge is 2.21. The number of para-hydroxylation sites is 2. The van der Waals surface area contributed by atoms with Crippen molar-refractivity contribution in [2.75, 3.05) is 4.90 Å². The lowest BCUT2D eigenvalue weighted by Crippen LogP contribution is -2.11. The summed E-state index contributed by atoms with van der Waals surface area (Å²) in [6.45, 7) is 0. The van der Waals surface area contributed by atoms with Gasteiger partial charge in [-0.25, -0.2) is 0 Å². The third-order valence-corrected chi connectivity index (χ3v) is 12.6. The zero-order valence-electron chi connectivity index (χ0n) is 35.0. The molecule has 1 aromatic heterocycles. The molecule has 0 aliphatic rings. The lowest BCUT2D eigenvalue weighted by atomic mass is 9.94. The zero-order chi connectivity index (χ0) is 42.4. The van der Waals surface area contributed by atoms with Crippen LogP contribution in [0.1, 0.15) is 0 Å². The normalized spacial score (nSPS) is 11.4. The molecule has 0 bridgehead atoms. The van der Waals surface area contributed by atoms with Crippen molar-refractivity contribution in [2.45, 2.75) is 0 Å². The SMILES string of the molecule is c1ccc(-c2ccc(-c3ccc4ccccc4c3)cc2N(c2ccc(-c3cccc(-c4cccc5ccccc45)c3)cc2)c2cccc(-c3cccc4c3oc3ccccc34)c2)cc1. The third-order valence-electron chi connectivity index (χ3n) is 12.6. The van der Waals surface area contributed by atoms with E-state index in [1.165, 1.54) is 43.8 Å². The molecule has 0 unspecified atom stereocenters. The molecule has 0 amide bonds. The molecule has 0 saturated heterocycles. The van der Waals surface area contributed by atoms with E-state index in [0.717, 1.165) is 72.4 Å². The van der Waals surface area contributed by atoms with Gasteiger partial charge in [0.2, 0.25) is 0 Å². The molecule has 0 saturated carbocycles. The zero-order valence-corrected chi connectivity index (χ0v) is 35.0. The van der Waals surface area contributed by atoms with E-state index in [4.69, 9.17) is 4.42 Å². The molecule has 0 atom stereocenters. The maximum absolute atomic E-state index is 6.58. The second-order valence-electron chi connectivity index (χ2n) is 16.5. The first-order valence-electron chi connectivity index (χ1n) is 21.9. The molecule has 12 rings (SSSR count). The van der Waals surface area contributed by atoms with Gasteiger partial charge in [0.05, 0.1) is 5.69 Å². The molecule has 0 spiro atoms. The summed E-state index contributed by atoms with van der Waals surface area (Å²) in [5.74, 6) is 0. The molecule has 0 radical (unpaired) electrons. The van der Waals surface area contributed by atoms with E-state index >= 15 is 0 Å². The molecular formula is C62H41NO. The van der Waals surface area contributed by atoms with Crippen molar-refractivity contribution in [1.29, 1.82) is 0 Å². The van der Waals surface area contributed by atoms with Gasteiger partial charge in [-0.3, -0.25) is 0 Å². The van der Waals surface area contributed by atoms with Gasteiger partial charge in [0, 0.05) is 33.3 Å². The topological polar surface area (TPSA) is 16.4 Å². The summed E-state index contributed by atoms with van der Waals surface area (Å²) in [6.07, 6.45) is 0. The Morgan fingerprint density at radius 1 is 0.266 bits per heavy atom. The van der Waals surface area contributed by atoms with E-state index in [-0.39, 0.29) is 0 Å². The first kappa shape index (κ1) is 37.3. The molecule has 0 aliphatic carbocycles. The highest BCUT2D eigenvalue weighted by Crippen LogP contribution is 2.45. The highest BCUT2D eigenvalue weighted by atomic mass is 16.3. The highest BCUT2D eigenvalue weighted by molar-refractivity contribution is 6.10. The van der Waals surface area contributed by atoms with Crippen molar-refractivity contribution in [3.05, 3.63) is 249 Å². The number of benzene rings is 11. The van der Waals surface area contributed by atoms with E-state index in [2.05, 4.69) is 248 Å². The number of fused-ring (bicyclic) bond motifs is 5. The Labute approximate surface area is 372 Å². The van der Waals surface area contributed by atoms with Gasteiger partial charge in [-0.15, -0.1) is 0 Å². The lowest BCUT2D eigenvalue weighted by Gasteiger charge is -2.29. The van der Waals surface area contributed by atoms with Crippen molar-refractivity contribution >= 4 is 60.5 Å². The number of nitrogens with zero attached hydrogens (tertiary/aromatic N) is 1. The summed E-state index contributed by atoms with van der Waals surface area (Å²) in [5, 5.41) is 7.19. The predicted molar refractivity (Wildman–Crippen MR) is 271 cm³/mol. The van der Waals surface area contributed by atoms with Crippen molar-refractivity contribution < 1.29 is 4.42 Å². The van der Waals surface area contributed by atoms with E-state index in [9.17, 15) is 0 Å². The molecular weight excluding hydrogens is 775 g/mol. The molecule has 64 heavy (non-hydrogen) atoms. The van der Waals surface area contributed by atoms with Crippen molar-refractivity contribution in [1.82, 2.24) is 0 Å². The van der Waals surface area contributed by atoms with Gasteiger partial charge in [-0.05, 0) is 115 Å². The minimum Gasteiger partial charge on any atom is -0.455 e.